The van der Waals surface area contributed by atoms with E-state index < -0.39 is 0 Å². The molecule has 0 radical (unpaired) electrons. The number of aromatic nitrogens is 3. The highest BCUT2D eigenvalue weighted by molar-refractivity contribution is 7.12. The molecule has 0 bridgehead atoms. The topological polar surface area (TPSA) is 83.0 Å². The van der Waals surface area contributed by atoms with Crippen LogP contribution in [0.5, 0.6) is 0 Å². The van der Waals surface area contributed by atoms with Gasteiger partial charge in [0.05, 0.1) is 0 Å². The molecule has 0 saturated carbocycles. The van der Waals surface area contributed by atoms with E-state index in [4.69, 9.17) is 0 Å². The van der Waals surface area contributed by atoms with Crippen LogP contribution >= 0.6 is 11.3 Å². The fourth-order valence-electron chi connectivity index (χ4n) is 3.86. The summed E-state index contributed by atoms with van der Waals surface area (Å²) in [4.78, 5) is 19.6. The number of benzene rings is 1. The van der Waals surface area contributed by atoms with Crippen molar-refractivity contribution in [1.82, 2.24) is 25.4 Å². The number of hydrogen-bond donors (Lipinski definition) is 2. The van der Waals surface area contributed by atoms with Gasteiger partial charge in [-0.25, -0.2) is 4.98 Å². The van der Waals surface area contributed by atoms with Gasteiger partial charge in [0.15, 0.2) is 0 Å². The summed E-state index contributed by atoms with van der Waals surface area (Å²) in [6, 6.07) is 7.97. The lowest BCUT2D eigenvalue weighted by atomic mass is 9.99. The van der Waals surface area contributed by atoms with Crippen LogP contribution in [-0.4, -0.2) is 46.1 Å². The molecule has 8 heteroatoms. The van der Waals surface area contributed by atoms with Gasteiger partial charge in [-0.2, -0.15) is 0 Å². The van der Waals surface area contributed by atoms with Crippen LogP contribution in [0.15, 0.2) is 71.2 Å². The monoisotopic (exact) mass is 430 g/mol. The number of carbonyl (C=O) groups excluding carboxylic acids is 1. The third-order valence-electron chi connectivity index (χ3n) is 5.57. The molecule has 1 aromatic carbocycles. The second-order valence-electron chi connectivity index (χ2n) is 7.62. The number of rotatable bonds is 3. The molecule has 4 heterocycles. The molecule has 5 rings (SSSR count). The Hall–Kier alpha value is -3.52. The fourth-order valence-corrected chi connectivity index (χ4v) is 4.41. The SMILES string of the molecule is CN1CCC(C(=O)Nc2cc3cc(-c4nncs4)ccc3cn2)=CC1=C1C=CNCC1. The number of likely N-dealkylation sites (N-methyl/N-ethyl adjacent to an activating group) is 1. The number of amides is 1. The van der Waals surface area contributed by atoms with Crippen molar-refractivity contribution < 1.29 is 4.79 Å². The zero-order valence-electron chi connectivity index (χ0n) is 17.1. The Balaban J connectivity index is 1.40. The predicted octanol–water partition coefficient (Wildman–Crippen LogP) is 3.71. The Morgan fingerprint density at radius 1 is 1.23 bits per heavy atom. The first kappa shape index (κ1) is 19.4. The van der Waals surface area contributed by atoms with Gasteiger partial charge in [0.1, 0.15) is 16.3 Å². The van der Waals surface area contributed by atoms with E-state index in [0.29, 0.717) is 12.2 Å². The molecule has 2 aliphatic rings. The number of carbonyl (C=O) groups is 1. The van der Waals surface area contributed by atoms with Crippen molar-refractivity contribution in [3.05, 3.63) is 71.2 Å². The minimum Gasteiger partial charge on any atom is -0.391 e. The highest BCUT2D eigenvalue weighted by Gasteiger charge is 2.20. The van der Waals surface area contributed by atoms with E-state index >= 15 is 0 Å². The van der Waals surface area contributed by atoms with Gasteiger partial charge in [-0.05, 0) is 54.3 Å². The van der Waals surface area contributed by atoms with Crippen molar-refractivity contribution in [2.75, 3.05) is 25.5 Å². The lowest BCUT2D eigenvalue weighted by molar-refractivity contribution is -0.113. The molecule has 2 aliphatic heterocycles. The van der Waals surface area contributed by atoms with Gasteiger partial charge in [0, 0.05) is 48.6 Å². The number of anilines is 1. The van der Waals surface area contributed by atoms with Crippen molar-refractivity contribution >= 4 is 33.8 Å². The molecule has 31 heavy (non-hydrogen) atoms. The average molecular weight is 431 g/mol. The largest absolute Gasteiger partial charge is 0.391 e. The van der Waals surface area contributed by atoms with Gasteiger partial charge in [-0.1, -0.05) is 23.5 Å². The predicted molar refractivity (Wildman–Crippen MR) is 123 cm³/mol. The van der Waals surface area contributed by atoms with Crippen molar-refractivity contribution in [3.63, 3.8) is 0 Å². The summed E-state index contributed by atoms with van der Waals surface area (Å²) in [5.41, 5.74) is 5.86. The zero-order valence-corrected chi connectivity index (χ0v) is 17.9. The van der Waals surface area contributed by atoms with E-state index in [1.165, 1.54) is 16.9 Å². The van der Waals surface area contributed by atoms with Crippen molar-refractivity contribution in [3.8, 4) is 10.6 Å². The summed E-state index contributed by atoms with van der Waals surface area (Å²) in [6.07, 6.45) is 9.51. The first-order valence-corrected chi connectivity index (χ1v) is 11.1. The second kappa shape index (κ2) is 8.31. The lowest BCUT2D eigenvalue weighted by Crippen LogP contribution is -2.29. The number of fused-ring (bicyclic) bond motifs is 1. The Bertz CT molecular complexity index is 1230. The normalized spacial score (nSPS) is 18.6. The molecule has 7 nitrogen and oxygen atoms in total. The zero-order chi connectivity index (χ0) is 21.2. The molecule has 156 valence electrons. The molecule has 1 amide bonds. The first-order chi connectivity index (χ1) is 15.2. The molecule has 0 fully saturated rings. The molecule has 2 aromatic heterocycles. The van der Waals surface area contributed by atoms with E-state index in [0.717, 1.165) is 52.1 Å². The van der Waals surface area contributed by atoms with Crippen molar-refractivity contribution in [2.24, 2.45) is 0 Å². The molecular formula is C23H22N6OS. The number of hydrogen-bond acceptors (Lipinski definition) is 7. The van der Waals surface area contributed by atoms with Crippen molar-refractivity contribution in [2.45, 2.75) is 12.8 Å². The highest BCUT2D eigenvalue weighted by atomic mass is 32.1. The lowest BCUT2D eigenvalue weighted by Gasteiger charge is -2.29. The highest BCUT2D eigenvalue weighted by Crippen LogP contribution is 2.27. The molecule has 3 aromatic rings. The molecule has 0 unspecified atom stereocenters. The number of allylic oxidation sites excluding steroid dienone is 2. The Labute approximate surface area is 184 Å². The van der Waals surface area contributed by atoms with Crippen LogP contribution in [0.4, 0.5) is 5.82 Å². The molecule has 0 saturated heterocycles. The summed E-state index contributed by atoms with van der Waals surface area (Å²) >= 11 is 1.50. The Kier molecular flexibility index (Phi) is 5.21. The van der Waals surface area contributed by atoms with E-state index in [2.05, 4.69) is 43.8 Å². The number of nitrogens with zero attached hydrogens (tertiary/aromatic N) is 4. The summed E-state index contributed by atoms with van der Waals surface area (Å²) in [6.45, 7) is 1.73. The van der Waals surface area contributed by atoms with Crippen LogP contribution < -0.4 is 10.6 Å². The quantitative estimate of drug-likeness (QED) is 0.659. The van der Waals surface area contributed by atoms with Gasteiger partial charge in [0.2, 0.25) is 0 Å². The maximum atomic E-state index is 13.0. The molecule has 0 spiro atoms. The van der Waals surface area contributed by atoms with E-state index in [-0.39, 0.29) is 5.91 Å². The first-order valence-electron chi connectivity index (χ1n) is 10.2. The van der Waals surface area contributed by atoms with Crippen LogP contribution in [0, 0.1) is 0 Å². The second-order valence-corrected chi connectivity index (χ2v) is 8.45. The van der Waals surface area contributed by atoms with Gasteiger partial charge in [0.25, 0.3) is 5.91 Å². The maximum absolute atomic E-state index is 13.0. The van der Waals surface area contributed by atoms with E-state index in [1.807, 2.05) is 36.5 Å². The maximum Gasteiger partial charge on any atom is 0.252 e. The number of nitrogens with one attached hydrogen (secondary N) is 2. The van der Waals surface area contributed by atoms with Crippen LogP contribution in [0.3, 0.4) is 0 Å². The molecular weight excluding hydrogens is 408 g/mol. The average Bonchev–Trinajstić information content (AvgIpc) is 3.34. The fraction of sp³-hybridized carbons (Fsp3) is 0.217. The van der Waals surface area contributed by atoms with Crippen molar-refractivity contribution in [1.29, 1.82) is 0 Å². The van der Waals surface area contributed by atoms with Gasteiger partial charge >= 0.3 is 0 Å². The van der Waals surface area contributed by atoms with E-state index in [9.17, 15) is 4.79 Å². The van der Waals surface area contributed by atoms with Crippen LogP contribution in [-0.2, 0) is 4.79 Å². The minimum atomic E-state index is -0.101. The Morgan fingerprint density at radius 2 is 2.16 bits per heavy atom. The van der Waals surface area contributed by atoms with Gasteiger partial charge in [-0.3, -0.25) is 4.79 Å². The van der Waals surface area contributed by atoms with Gasteiger partial charge in [-0.15, -0.1) is 10.2 Å². The molecule has 2 N–H and O–H groups in total. The van der Waals surface area contributed by atoms with Crippen LogP contribution in [0.25, 0.3) is 21.3 Å². The summed E-state index contributed by atoms with van der Waals surface area (Å²) in [5.74, 6) is 0.443. The standard InChI is InChI=1S/C23H22N6OS/c1-29-9-6-16(11-20(29)15-4-7-24-8-5-15)22(30)27-21-12-19-10-17(23-28-26-14-31-23)2-3-18(19)13-25-21/h2-4,7,10-14,24H,5-6,8-9H2,1H3,(H,25,27,30). The third-order valence-corrected chi connectivity index (χ3v) is 6.31. The summed E-state index contributed by atoms with van der Waals surface area (Å²) in [7, 11) is 2.07. The molecule has 0 aliphatic carbocycles. The minimum absolute atomic E-state index is 0.101. The number of pyridine rings is 1. The van der Waals surface area contributed by atoms with Crippen LogP contribution in [0.2, 0.25) is 0 Å². The Morgan fingerprint density at radius 3 is 2.97 bits per heavy atom. The third kappa shape index (κ3) is 4.06. The molecule has 0 atom stereocenters. The van der Waals surface area contributed by atoms with Crippen LogP contribution in [0.1, 0.15) is 12.8 Å². The van der Waals surface area contributed by atoms with Gasteiger partial charge < -0.3 is 15.5 Å². The smallest absolute Gasteiger partial charge is 0.252 e. The summed E-state index contributed by atoms with van der Waals surface area (Å²) in [5, 5.41) is 17.1. The summed E-state index contributed by atoms with van der Waals surface area (Å²) < 4.78 is 0. The van der Waals surface area contributed by atoms with E-state index in [1.54, 1.807) is 11.7 Å².